The highest BCUT2D eigenvalue weighted by Crippen LogP contribution is 2.63. The number of benzene rings is 8. The van der Waals surface area contributed by atoms with Crippen molar-refractivity contribution in [3.8, 4) is 68.9 Å². The maximum Gasteiger partial charge on any atom is 0.165 e. The Morgan fingerprint density at radius 2 is 0.719 bits per heavy atom. The van der Waals surface area contributed by atoms with Crippen LogP contribution in [0.2, 0.25) is 0 Å². The molecule has 300 valence electrons. The van der Waals surface area contributed by atoms with Crippen molar-refractivity contribution in [2.24, 2.45) is 0 Å². The molecule has 1 aromatic heterocycles. The minimum absolute atomic E-state index is 0.247. The normalized spacial score (nSPS) is 12.6. The van der Waals surface area contributed by atoms with Crippen molar-refractivity contribution in [2.75, 3.05) is 14.7 Å². The van der Waals surface area contributed by atoms with E-state index in [1.807, 2.05) is 176 Å². The molecule has 0 saturated heterocycles. The lowest BCUT2D eigenvalue weighted by molar-refractivity contribution is 0.475. The zero-order valence-electron chi connectivity index (χ0n) is 33.9. The molecule has 0 saturated carbocycles. The molecular weight excluding hydrogens is 793 g/mol. The number of anilines is 9. The van der Waals surface area contributed by atoms with Crippen LogP contribution >= 0.6 is 0 Å². The van der Waals surface area contributed by atoms with E-state index in [-0.39, 0.29) is 11.1 Å². The van der Waals surface area contributed by atoms with Crippen molar-refractivity contribution < 1.29 is 14.2 Å². The van der Waals surface area contributed by atoms with Crippen LogP contribution in [-0.4, -0.2) is 4.98 Å². The highest BCUT2D eigenvalue weighted by molar-refractivity contribution is 6.10. The van der Waals surface area contributed by atoms with Gasteiger partial charge in [-0.05, 0) is 96.1 Å². The number of hydrogen-bond acceptors (Lipinski definition) is 9. The summed E-state index contributed by atoms with van der Waals surface area (Å²) in [6.45, 7) is 0. The molecule has 0 spiro atoms. The average Bonchev–Trinajstić information content (AvgIpc) is 3.36. The lowest BCUT2D eigenvalue weighted by Gasteiger charge is -2.41. The molecule has 0 aliphatic carbocycles. The average molecular weight is 825 g/mol. The maximum absolute atomic E-state index is 10.7. The number of ether oxygens (including phenoxy) is 3. The zero-order chi connectivity index (χ0) is 42.7. The van der Waals surface area contributed by atoms with E-state index in [9.17, 15) is 10.5 Å². The molecule has 12 rings (SSSR count). The fourth-order valence-electron chi connectivity index (χ4n) is 8.94. The van der Waals surface area contributed by atoms with Crippen LogP contribution in [-0.2, 0) is 0 Å². The van der Waals surface area contributed by atoms with Crippen LogP contribution < -0.4 is 28.9 Å². The van der Waals surface area contributed by atoms with Crippen LogP contribution in [0.3, 0.4) is 0 Å². The topological polar surface area (TPSA) is 97.9 Å². The summed E-state index contributed by atoms with van der Waals surface area (Å²) in [5.74, 6) is 5.10. The van der Waals surface area contributed by atoms with Gasteiger partial charge in [-0.25, -0.2) is 4.98 Å². The van der Waals surface area contributed by atoms with E-state index in [0.717, 1.165) is 50.8 Å². The quantitative estimate of drug-likeness (QED) is 0.168. The summed E-state index contributed by atoms with van der Waals surface area (Å²) in [4.78, 5) is 12.6. The third-order valence-electron chi connectivity index (χ3n) is 11.7. The van der Waals surface area contributed by atoms with Gasteiger partial charge in [-0.1, -0.05) is 109 Å². The Bertz CT molecular complexity index is 3310. The minimum Gasteiger partial charge on any atom is -0.453 e. The SMILES string of the molecule is N#Cc1ccc(-c2c(-c3ccccc3)c(N3c4ccccc4Oc4ccccc43)nc(N3c4ccccc4Oc4ccccc43)c2N2c3ccccc3Oc3ccccc32)cc1C#N. The largest absolute Gasteiger partial charge is 0.453 e. The summed E-state index contributed by atoms with van der Waals surface area (Å²) in [5.41, 5.74) is 8.99. The second kappa shape index (κ2) is 14.7. The Kier molecular flexibility index (Phi) is 8.39. The second-order valence-electron chi connectivity index (χ2n) is 15.3. The van der Waals surface area contributed by atoms with Crippen LogP contribution in [0, 0.1) is 22.7 Å². The van der Waals surface area contributed by atoms with Crippen molar-refractivity contribution in [1.82, 2.24) is 4.98 Å². The van der Waals surface area contributed by atoms with E-state index in [1.54, 1.807) is 6.07 Å². The lowest BCUT2D eigenvalue weighted by Crippen LogP contribution is -2.25. The first kappa shape index (κ1) is 36.5. The third-order valence-corrected chi connectivity index (χ3v) is 11.7. The summed E-state index contributed by atoms with van der Waals surface area (Å²) in [6.07, 6.45) is 0. The van der Waals surface area contributed by atoms with Crippen molar-refractivity contribution >= 4 is 51.4 Å². The van der Waals surface area contributed by atoms with Crippen molar-refractivity contribution in [3.63, 3.8) is 0 Å². The van der Waals surface area contributed by atoms with E-state index in [4.69, 9.17) is 19.2 Å². The lowest BCUT2D eigenvalue weighted by atomic mass is 9.89. The molecule has 64 heavy (non-hydrogen) atoms. The van der Waals surface area contributed by atoms with Crippen LogP contribution in [0.1, 0.15) is 11.1 Å². The Morgan fingerprint density at radius 1 is 0.344 bits per heavy atom. The maximum atomic E-state index is 10.7. The van der Waals surface area contributed by atoms with Gasteiger partial charge < -0.3 is 14.2 Å². The first-order valence-corrected chi connectivity index (χ1v) is 20.7. The van der Waals surface area contributed by atoms with Gasteiger partial charge in [-0.2, -0.15) is 10.5 Å². The molecule has 9 aromatic rings. The number of fused-ring (bicyclic) bond motifs is 6. The highest BCUT2D eigenvalue weighted by atomic mass is 16.5. The molecule has 0 bridgehead atoms. The van der Waals surface area contributed by atoms with Crippen LogP contribution in [0.4, 0.5) is 51.4 Å². The predicted octanol–water partition coefficient (Wildman–Crippen LogP) is 14.9. The number of hydrogen-bond donors (Lipinski definition) is 0. The van der Waals surface area contributed by atoms with Crippen LogP contribution in [0.15, 0.2) is 194 Å². The van der Waals surface area contributed by atoms with Gasteiger partial charge in [0.15, 0.2) is 40.3 Å². The van der Waals surface area contributed by atoms with Gasteiger partial charge in [0, 0.05) is 11.1 Å². The standard InChI is InChI=1S/C55H32N6O3/c56-33-37-31-30-36(32-38(37)34-57)51-52(35-16-2-1-3-17-35)54(60-41-20-6-12-26-47(41)63-48-27-13-7-21-42(48)60)58-55(61-43-22-8-14-28-49(43)64-50-29-15-9-23-44(50)61)53(51)59-39-18-4-10-24-45(39)62-46-25-11-5-19-40(46)59/h1-32H. The van der Waals surface area contributed by atoms with E-state index < -0.39 is 0 Å². The number of pyridine rings is 1. The van der Waals surface area contributed by atoms with Gasteiger partial charge in [0.05, 0.1) is 50.9 Å². The summed E-state index contributed by atoms with van der Waals surface area (Å²) in [5, 5.41) is 20.9. The first-order valence-electron chi connectivity index (χ1n) is 20.7. The Hall–Kier alpha value is -9.31. The monoisotopic (exact) mass is 824 g/mol. The van der Waals surface area contributed by atoms with E-state index in [0.29, 0.717) is 57.4 Å². The molecule has 0 N–H and O–H groups in total. The fraction of sp³-hybridized carbons (Fsp3) is 0. The van der Waals surface area contributed by atoms with Crippen LogP contribution in [0.5, 0.6) is 34.5 Å². The molecule has 9 nitrogen and oxygen atoms in total. The molecule has 3 aliphatic rings. The molecule has 0 radical (unpaired) electrons. The van der Waals surface area contributed by atoms with Crippen molar-refractivity contribution in [3.05, 3.63) is 205 Å². The predicted molar refractivity (Wildman–Crippen MR) is 249 cm³/mol. The Labute approximate surface area is 368 Å². The molecule has 3 aliphatic heterocycles. The first-order chi connectivity index (χ1) is 31.7. The Balaban J connectivity index is 1.34. The van der Waals surface area contributed by atoms with E-state index >= 15 is 0 Å². The van der Waals surface area contributed by atoms with Gasteiger partial charge >= 0.3 is 0 Å². The second-order valence-corrected chi connectivity index (χ2v) is 15.3. The smallest absolute Gasteiger partial charge is 0.165 e. The highest BCUT2D eigenvalue weighted by Gasteiger charge is 2.40. The van der Waals surface area contributed by atoms with Gasteiger partial charge in [0.25, 0.3) is 0 Å². The van der Waals surface area contributed by atoms with Gasteiger partial charge in [0.2, 0.25) is 0 Å². The number of nitrogens with zero attached hydrogens (tertiary/aromatic N) is 6. The molecule has 0 fully saturated rings. The van der Waals surface area contributed by atoms with Crippen molar-refractivity contribution in [2.45, 2.75) is 0 Å². The fourth-order valence-corrected chi connectivity index (χ4v) is 8.94. The zero-order valence-corrected chi connectivity index (χ0v) is 33.9. The molecule has 0 amide bonds. The molecule has 9 heteroatoms. The molecule has 4 heterocycles. The summed E-state index contributed by atoms with van der Waals surface area (Å²) in [6, 6.07) is 68.1. The van der Waals surface area contributed by atoms with E-state index in [2.05, 4.69) is 39.0 Å². The number of nitriles is 2. The number of rotatable bonds is 5. The summed E-state index contributed by atoms with van der Waals surface area (Å²) in [7, 11) is 0. The number of aromatic nitrogens is 1. The van der Waals surface area contributed by atoms with Gasteiger partial charge in [-0.3, -0.25) is 14.7 Å². The van der Waals surface area contributed by atoms with Gasteiger partial charge in [-0.15, -0.1) is 0 Å². The van der Waals surface area contributed by atoms with Gasteiger partial charge in [0.1, 0.15) is 18.0 Å². The summed E-state index contributed by atoms with van der Waals surface area (Å²) >= 11 is 0. The Morgan fingerprint density at radius 3 is 1.14 bits per heavy atom. The molecular formula is C55H32N6O3. The van der Waals surface area contributed by atoms with Crippen molar-refractivity contribution in [1.29, 1.82) is 10.5 Å². The molecule has 0 atom stereocenters. The minimum atomic E-state index is 0.247. The van der Waals surface area contributed by atoms with Crippen LogP contribution in [0.25, 0.3) is 22.3 Å². The summed E-state index contributed by atoms with van der Waals surface area (Å²) < 4.78 is 19.9. The number of para-hydroxylation sites is 12. The third kappa shape index (κ3) is 5.66. The molecule has 8 aromatic carbocycles. The molecule has 0 unspecified atom stereocenters. The van der Waals surface area contributed by atoms with E-state index in [1.165, 1.54) is 0 Å².